The molecule has 5 heteroatoms. The molecule has 0 aromatic heterocycles. The van der Waals surface area contributed by atoms with Crippen molar-refractivity contribution in [3.05, 3.63) is 0 Å². The molecule has 0 bridgehead atoms. The second kappa shape index (κ2) is 5.66. The van der Waals surface area contributed by atoms with Crippen molar-refractivity contribution in [3.8, 4) is 0 Å². The van der Waals surface area contributed by atoms with Crippen molar-refractivity contribution in [1.29, 1.82) is 0 Å². The quantitative estimate of drug-likeness (QED) is 0.465. The number of amides is 2. The SMILES string of the molecule is CCCN(N)C(C)C(=O)NC(C)=O. The van der Waals surface area contributed by atoms with Gasteiger partial charge in [0.15, 0.2) is 0 Å². The molecule has 1 atom stereocenters. The second-order valence-corrected chi connectivity index (χ2v) is 2.96. The van der Waals surface area contributed by atoms with Crippen molar-refractivity contribution in [2.45, 2.75) is 33.2 Å². The minimum Gasteiger partial charge on any atom is -0.295 e. The van der Waals surface area contributed by atoms with E-state index in [0.29, 0.717) is 6.54 Å². The first-order valence-electron chi connectivity index (χ1n) is 4.31. The molecule has 0 saturated carbocycles. The molecule has 0 aliphatic heterocycles. The lowest BCUT2D eigenvalue weighted by molar-refractivity contribution is -0.132. The molecule has 0 rings (SSSR count). The molecule has 0 aromatic rings. The van der Waals surface area contributed by atoms with E-state index in [0.717, 1.165) is 6.42 Å². The van der Waals surface area contributed by atoms with E-state index in [1.165, 1.54) is 11.9 Å². The lowest BCUT2D eigenvalue weighted by atomic mass is 10.3. The fraction of sp³-hybridized carbons (Fsp3) is 0.750. The summed E-state index contributed by atoms with van der Waals surface area (Å²) in [6.45, 7) is 5.56. The molecular weight excluding hydrogens is 170 g/mol. The van der Waals surface area contributed by atoms with E-state index in [4.69, 9.17) is 5.84 Å². The van der Waals surface area contributed by atoms with Gasteiger partial charge in [0.25, 0.3) is 0 Å². The van der Waals surface area contributed by atoms with E-state index in [2.05, 4.69) is 5.32 Å². The summed E-state index contributed by atoms with van der Waals surface area (Å²) < 4.78 is 0. The van der Waals surface area contributed by atoms with Crippen LogP contribution in [0.15, 0.2) is 0 Å². The summed E-state index contributed by atoms with van der Waals surface area (Å²) in [6, 6.07) is -0.469. The maximum absolute atomic E-state index is 11.2. The number of nitrogens with two attached hydrogens (primary N) is 1. The van der Waals surface area contributed by atoms with Gasteiger partial charge >= 0.3 is 0 Å². The minimum atomic E-state index is -0.469. The van der Waals surface area contributed by atoms with E-state index >= 15 is 0 Å². The highest BCUT2D eigenvalue weighted by Gasteiger charge is 2.18. The number of carbonyl (C=O) groups is 2. The second-order valence-electron chi connectivity index (χ2n) is 2.96. The molecule has 13 heavy (non-hydrogen) atoms. The zero-order chi connectivity index (χ0) is 10.4. The van der Waals surface area contributed by atoms with E-state index in [1.807, 2.05) is 6.92 Å². The van der Waals surface area contributed by atoms with Gasteiger partial charge in [-0.05, 0) is 13.3 Å². The summed E-state index contributed by atoms with van der Waals surface area (Å²) >= 11 is 0. The molecule has 5 nitrogen and oxygen atoms in total. The summed E-state index contributed by atoms with van der Waals surface area (Å²) in [5.41, 5.74) is 0. The van der Waals surface area contributed by atoms with Crippen LogP contribution in [0.25, 0.3) is 0 Å². The number of hydrogen-bond donors (Lipinski definition) is 2. The van der Waals surface area contributed by atoms with Gasteiger partial charge in [0.1, 0.15) is 6.04 Å². The predicted molar refractivity (Wildman–Crippen MR) is 49.5 cm³/mol. The number of carbonyl (C=O) groups excluding carboxylic acids is 2. The number of hydrazine groups is 1. The Hall–Kier alpha value is -0.940. The monoisotopic (exact) mass is 187 g/mol. The molecule has 0 aliphatic rings. The largest absolute Gasteiger partial charge is 0.295 e. The van der Waals surface area contributed by atoms with Crippen LogP contribution in [0.2, 0.25) is 0 Å². The average Bonchev–Trinajstić information content (AvgIpc) is 2.02. The third kappa shape index (κ3) is 4.59. The molecule has 2 amide bonds. The third-order valence-corrected chi connectivity index (χ3v) is 1.66. The lowest BCUT2D eigenvalue weighted by Crippen LogP contribution is -2.49. The van der Waals surface area contributed by atoms with E-state index in [1.54, 1.807) is 6.92 Å². The first-order chi connectivity index (χ1) is 5.99. The molecule has 0 aliphatic carbocycles. The molecule has 0 spiro atoms. The van der Waals surface area contributed by atoms with E-state index < -0.39 is 6.04 Å². The van der Waals surface area contributed by atoms with Gasteiger partial charge in [-0.15, -0.1) is 0 Å². The molecule has 0 saturated heterocycles. The van der Waals surface area contributed by atoms with Gasteiger partial charge in [0.05, 0.1) is 0 Å². The average molecular weight is 187 g/mol. The number of hydrogen-bond acceptors (Lipinski definition) is 4. The predicted octanol–water partition coefficient (Wildman–Crippen LogP) is -0.377. The van der Waals surface area contributed by atoms with Crippen LogP contribution in [0.1, 0.15) is 27.2 Å². The molecule has 1 unspecified atom stereocenters. The van der Waals surface area contributed by atoms with Gasteiger partial charge in [-0.1, -0.05) is 6.92 Å². The molecule has 0 fully saturated rings. The van der Waals surface area contributed by atoms with Crippen molar-refractivity contribution >= 4 is 11.8 Å². The number of nitrogens with zero attached hydrogens (tertiary/aromatic N) is 1. The van der Waals surface area contributed by atoms with Gasteiger partial charge in [0, 0.05) is 13.5 Å². The Labute approximate surface area is 78.2 Å². The van der Waals surface area contributed by atoms with Gasteiger partial charge in [-0.3, -0.25) is 20.7 Å². The molecule has 3 N–H and O–H groups in total. The Bertz CT molecular complexity index is 194. The van der Waals surface area contributed by atoms with Crippen LogP contribution < -0.4 is 11.2 Å². The van der Waals surface area contributed by atoms with Crippen LogP contribution in [0.4, 0.5) is 0 Å². The first kappa shape index (κ1) is 12.1. The third-order valence-electron chi connectivity index (χ3n) is 1.66. The highest BCUT2D eigenvalue weighted by molar-refractivity contribution is 5.96. The standard InChI is InChI=1S/C8H17N3O2/c1-4-5-11(9)6(2)8(13)10-7(3)12/h6H,4-5,9H2,1-3H3,(H,10,12,13). The molecule has 0 radical (unpaired) electrons. The minimum absolute atomic E-state index is 0.358. The van der Waals surface area contributed by atoms with Crippen LogP contribution in [-0.2, 0) is 9.59 Å². The van der Waals surface area contributed by atoms with Crippen molar-refractivity contribution < 1.29 is 9.59 Å². The molecular formula is C8H17N3O2. The van der Waals surface area contributed by atoms with Crippen LogP contribution >= 0.6 is 0 Å². The summed E-state index contributed by atoms with van der Waals surface area (Å²) in [5.74, 6) is 4.85. The summed E-state index contributed by atoms with van der Waals surface area (Å²) in [4.78, 5) is 21.8. The Morgan fingerprint density at radius 1 is 1.54 bits per heavy atom. The molecule has 0 aromatic carbocycles. The van der Waals surface area contributed by atoms with E-state index in [9.17, 15) is 9.59 Å². The Morgan fingerprint density at radius 3 is 2.46 bits per heavy atom. The summed E-state index contributed by atoms with van der Waals surface area (Å²) in [5, 5.41) is 3.60. The highest BCUT2D eigenvalue weighted by Crippen LogP contribution is 1.93. The number of nitrogens with one attached hydrogen (secondary N) is 1. The van der Waals surface area contributed by atoms with Gasteiger partial charge in [-0.25, -0.2) is 5.01 Å². The van der Waals surface area contributed by atoms with Crippen molar-refractivity contribution in [3.63, 3.8) is 0 Å². The zero-order valence-corrected chi connectivity index (χ0v) is 8.33. The van der Waals surface area contributed by atoms with Crippen LogP contribution in [0.5, 0.6) is 0 Å². The summed E-state index contributed by atoms with van der Waals surface area (Å²) in [6.07, 6.45) is 0.869. The Balaban J connectivity index is 4.01. The lowest BCUT2D eigenvalue weighted by Gasteiger charge is -2.21. The normalized spacial score (nSPS) is 12.7. The van der Waals surface area contributed by atoms with Crippen molar-refractivity contribution in [2.24, 2.45) is 5.84 Å². The smallest absolute Gasteiger partial charge is 0.245 e. The molecule has 0 heterocycles. The number of rotatable bonds is 4. The maximum Gasteiger partial charge on any atom is 0.245 e. The van der Waals surface area contributed by atoms with Crippen molar-refractivity contribution in [2.75, 3.05) is 6.54 Å². The van der Waals surface area contributed by atoms with Crippen LogP contribution in [-0.4, -0.2) is 29.4 Å². The maximum atomic E-state index is 11.2. The van der Waals surface area contributed by atoms with Crippen LogP contribution in [0, 0.1) is 0 Å². The van der Waals surface area contributed by atoms with Crippen molar-refractivity contribution in [1.82, 2.24) is 10.3 Å². The Morgan fingerprint density at radius 2 is 2.08 bits per heavy atom. The Kier molecular flexibility index (Phi) is 5.25. The van der Waals surface area contributed by atoms with Gasteiger partial charge in [-0.2, -0.15) is 0 Å². The highest BCUT2D eigenvalue weighted by atomic mass is 16.2. The topological polar surface area (TPSA) is 75.4 Å². The first-order valence-corrected chi connectivity index (χ1v) is 4.31. The molecule has 76 valence electrons. The van der Waals surface area contributed by atoms with Gasteiger partial charge < -0.3 is 0 Å². The summed E-state index contributed by atoms with van der Waals surface area (Å²) in [7, 11) is 0. The van der Waals surface area contributed by atoms with E-state index in [-0.39, 0.29) is 11.8 Å². The zero-order valence-electron chi connectivity index (χ0n) is 8.33. The van der Waals surface area contributed by atoms with Crippen LogP contribution in [0.3, 0.4) is 0 Å². The fourth-order valence-electron chi connectivity index (χ4n) is 0.880. The fourth-order valence-corrected chi connectivity index (χ4v) is 0.880. The number of imide groups is 1. The van der Waals surface area contributed by atoms with Gasteiger partial charge in [0.2, 0.25) is 11.8 Å².